The Kier molecular flexibility index (Phi) is 6.55. The first-order valence-electron chi connectivity index (χ1n) is 8.78. The normalized spacial score (nSPS) is 15.0. The maximum atomic E-state index is 6.12. The number of halogens is 1. The monoisotopic (exact) mass is 374 g/mol. The van der Waals surface area contributed by atoms with Gasteiger partial charge in [-0.2, -0.15) is 0 Å². The second-order valence-corrected chi connectivity index (χ2v) is 6.47. The van der Waals surface area contributed by atoms with Gasteiger partial charge in [0.15, 0.2) is 12.4 Å². The van der Waals surface area contributed by atoms with E-state index in [1.165, 1.54) is 19.3 Å². The number of hydrogen-bond acceptors (Lipinski definition) is 5. The molecule has 1 aliphatic rings. The Bertz CT molecular complexity index is 748. The number of anilines is 1. The van der Waals surface area contributed by atoms with Gasteiger partial charge >= 0.3 is 0 Å². The summed E-state index contributed by atoms with van der Waals surface area (Å²) in [5, 5.41) is 4.65. The number of pyridine rings is 1. The van der Waals surface area contributed by atoms with E-state index in [1.807, 2.05) is 24.3 Å². The summed E-state index contributed by atoms with van der Waals surface area (Å²) in [5.74, 6) is 1.88. The molecule has 0 spiro atoms. The molecule has 26 heavy (non-hydrogen) atoms. The van der Waals surface area contributed by atoms with Crippen molar-refractivity contribution in [1.29, 1.82) is 0 Å². The molecule has 1 aliphatic heterocycles. The number of oxime groups is 1. The van der Waals surface area contributed by atoms with Crippen molar-refractivity contribution in [1.82, 2.24) is 4.98 Å². The van der Waals surface area contributed by atoms with Crippen molar-refractivity contribution in [2.75, 3.05) is 31.2 Å². The van der Waals surface area contributed by atoms with Crippen LogP contribution in [0.2, 0.25) is 5.02 Å². The Morgan fingerprint density at radius 3 is 2.81 bits per heavy atom. The standard InChI is InChI=1S/C19H23ClN4O2/c20-15-6-4-7-16(14-15)25-12-13-26-23-18(21)17-8-5-9-22-19(17)24-10-2-1-3-11-24/h4-9,14H,1-3,10-13H2,(H2,21,23). The topological polar surface area (TPSA) is 73.0 Å². The molecular weight excluding hydrogens is 352 g/mol. The largest absolute Gasteiger partial charge is 0.490 e. The summed E-state index contributed by atoms with van der Waals surface area (Å²) in [7, 11) is 0. The molecule has 0 aliphatic carbocycles. The molecule has 0 saturated carbocycles. The summed E-state index contributed by atoms with van der Waals surface area (Å²) in [6.07, 6.45) is 5.38. The lowest BCUT2D eigenvalue weighted by molar-refractivity contribution is 0.107. The number of piperidine rings is 1. The van der Waals surface area contributed by atoms with Crippen molar-refractivity contribution >= 4 is 23.3 Å². The highest BCUT2D eigenvalue weighted by molar-refractivity contribution is 6.30. The fourth-order valence-electron chi connectivity index (χ4n) is 2.87. The third kappa shape index (κ3) is 5.02. The van der Waals surface area contributed by atoms with E-state index in [0.717, 1.165) is 24.5 Å². The molecule has 0 amide bonds. The van der Waals surface area contributed by atoms with Crippen LogP contribution in [0.3, 0.4) is 0 Å². The Morgan fingerprint density at radius 2 is 2.00 bits per heavy atom. The molecule has 1 saturated heterocycles. The second-order valence-electron chi connectivity index (χ2n) is 6.04. The number of benzene rings is 1. The molecule has 0 radical (unpaired) electrons. The first-order valence-corrected chi connectivity index (χ1v) is 9.16. The van der Waals surface area contributed by atoms with Crippen LogP contribution in [0.15, 0.2) is 47.8 Å². The van der Waals surface area contributed by atoms with Gasteiger partial charge in [-0.1, -0.05) is 22.8 Å². The van der Waals surface area contributed by atoms with Crippen LogP contribution in [-0.2, 0) is 4.84 Å². The second kappa shape index (κ2) is 9.29. The van der Waals surface area contributed by atoms with Crippen LogP contribution in [0.5, 0.6) is 5.75 Å². The molecule has 3 rings (SSSR count). The average Bonchev–Trinajstić information content (AvgIpc) is 2.68. The van der Waals surface area contributed by atoms with Gasteiger partial charge in [0.25, 0.3) is 0 Å². The van der Waals surface area contributed by atoms with Gasteiger partial charge in [0.05, 0.1) is 5.56 Å². The van der Waals surface area contributed by atoms with Crippen molar-refractivity contribution < 1.29 is 9.57 Å². The molecule has 1 aromatic carbocycles. The number of aromatic nitrogens is 1. The van der Waals surface area contributed by atoms with E-state index in [2.05, 4.69) is 15.0 Å². The minimum Gasteiger partial charge on any atom is -0.490 e. The van der Waals surface area contributed by atoms with E-state index in [4.69, 9.17) is 26.9 Å². The van der Waals surface area contributed by atoms with E-state index in [1.54, 1.807) is 18.3 Å². The van der Waals surface area contributed by atoms with Crippen molar-refractivity contribution in [3.05, 3.63) is 53.2 Å². The highest BCUT2D eigenvalue weighted by Crippen LogP contribution is 2.21. The highest BCUT2D eigenvalue weighted by Gasteiger charge is 2.17. The predicted octanol–water partition coefficient (Wildman–Crippen LogP) is 3.44. The summed E-state index contributed by atoms with van der Waals surface area (Å²) >= 11 is 5.91. The lowest BCUT2D eigenvalue weighted by Crippen LogP contribution is -2.32. The number of nitrogens with zero attached hydrogens (tertiary/aromatic N) is 3. The van der Waals surface area contributed by atoms with Crippen molar-refractivity contribution in [2.24, 2.45) is 10.9 Å². The molecule has 0 bridgehead atoms. The van der Waals surface area contributed by atoms with E-state index >= 15 is 0 Å². The Hall–Kier alpha value is -2.47. The average molecular weight is 375 g/mol. The molecule has 2 aromatic rings. The van der Waals surface area contributed by atoms with Crippen LogP contribution in [0, 0.1) is 0 Å². The maximum Gasteiger partial charge on any atom is 0.174 e. The van der Waals surface area contributed by atoms with Gasteiger partial charge in [-0.3, -0.25) is 0 Å². The fourth-order valence-corrected chi connectivity index (χ4v) is 3.05. The minimum absolute atomic E-state index is 0.284. The smallest absolute Gasteiger partial charge is 0.174 e. The van der Waals surface area contributed by atoms with Gasteiger partial charge in [0.1, 0.15) is 18.2 Å². The number of hydrogen-bond donors (Lipinski definition) is 1. The molecular formula is C19H23ClN4O2. The molecule has 1 aromatic heterocycles. The van der Waals surface area contributed by atoms with Crippen LogP contribution >= 0.6 is 11.6 Å². The summed E-state index contributed by atoms with van der Waals surface area (Å²) in [6.45, 7) is 2.62. The molecule has 2 heterocycles. The van der Waals surface area contributed by atoms with Gasteiger partial charge in [0, 0.05) is 24.3 Å². The number of rotatable bonds is 7. The van der Waals surface area contributed by atoms with Crippen LogP contribution in [-0.4, -0.2) is 37.1 Å². The van der Waals surface area contributed by atoms with Crippen LogP contribution in [0.25, 0.3) is 0 Å². The zero-order valence-electron chi connectivity index (χ0n) is 14.6. The van der Waals surface area contributed by atoms with Crippen LogP contribution < -0.4 is 15.4 Å². The minimum atomic E-state index is 0.284. The van der Waals surface area contributed by atoms with E-state index < -0.39 is 0 Å². The lowest BCUT2D eigenvalue weighted by atomic mass is 10.1. The molecule has 2 N–H and O–H groups in total. The number of ether oxygens (including phenoxy) is 1. The van der Waals surface area contributed by atoms with E-state index in [9.17, 15) is 0 Å². The van der Waals surface area contributed by atoms with Crippen molar-refractivity contribution in [2.45, 2.75) is 19.3 Å². The molecule has 7 heteroatoms. The summed E-state index contributed by atoms with van der Waals surface area (Å²) < 4.78 is 5.55. The Morgan fingerprint density at radius 1 is 1.15 bits per heavy atom. The molecule has 6 nitrogen and oxygen atoms in total. The van der Waals surface area contributed by atoms with Crippen LogP contribution in [0.4, 0.5) is 5.82 Å². The van der Waals surface area contributed by atoms with Gasteiger partial charge in [-0.15, -0.1) is 0 Å². The number of nitrogens with two attached hydrogens (primary N) is 1. The Labute approximate surface area is 158 Å². The first kappa shape index (κ1) is 18.3. The van der Waals surface area contributed by atoms with Gasteiger partial charge < -0.3 is 20.2 Å². The molecule has 1 fully saturated rings. The van der Waals surface area contributed by atoms with Gasteiger partial charge in [0.2, 0.25) is 0 Å². The van der Waals surface area contributed by atoms with E-state index in [0.29, 0.717) is 23.2 Å². The molecule has 138 valence electrons. The van der Waals surface area contributed by atoms with Crippen LogP contribution in [0.1, 0.15) is 24.8 Å². The third-order valence-electron chi connectivity index (χ3n) is 4.12. The fraction of sp³-hybridized carbons (Fsp3) is 0.368. The van der Waals surface area contributed by atoms with Crippen molar-refractivity contribution in [3.8, 4) is 5.75 Å². The summed E-state index contributed by atoms with van der Waals surface area (Å²) in [4.78, 5) is 12.0. The molecule has 0 unspecified atom stereocenters. The van der Waals surface area contributed by atoms with E-state index in [-0.39, 0.29) is 6.61 Å². The third-order valence-corrected chi connectivity index (χ3v) is 4.36. The van der Waals surface area contributed by atoms with Crippen molar-refractivity contribution in [3.63, 3.8) is 0 Å². The lowest BCUT2D eigenvalue weighted by Gasteiger charge is -2.29. The zero-order chi connectivity index (χ0) is 18.2. The SMILES string of the molecule is NC(=NOCCOc1cccc(Cl)c1)c1cccnc1N1CCCCC1. The van der Waals surface area contributed by atoms with Gasteiger partial charge in [-0.25, -0.2) is 4.98 Å². The molecule has 0 atom stereocenters. The predicted molar refractivity (Wildman–Crippen MR) is 104 cm³/mol. The Balaban J connectivity index is 1.54. The quantitative estimate of drug-likeness (QED) is 0.348. The summed E-state index contributed by atoms with van der Waals surface area (Å²) in [5.41, 5.74) is 6.91. The van der Waals surface area contributed by atoms with Gasteiger partial charge in [-0.05, 0) is 49.6 Å². The highest BCUT2D eigenvalue weighted by atomic mass is 35.5. The maximum absolute atomic E-state index is 6.12. The number of amidine groups is 1. The summed E-state index contributed by atoms with van der Waals surface area (Å²) in [6, 6.07) is 11.0. The zero-order valence-corrected chi connectivity index (χ0v) is 15.4. The first-order chi connectivity index (χ1) is 12.7.